The van der Waals surface area contributed by atoms with Gasteiger partial charge in [0, 0.05) is 43.5 Å². The minimum atomic E-state index is -4.64. The number of hydrogen-bond acceptors (Lipinski definition) is 5. The third-order valence-corrected chi connectivity index (χ3v) is 7.52. The molecule has 1 aliphatic carbocycles. The quantitative estimate of drug-likeness (QED) is 0.217. The van der Waals surface area contributed by atoms with Crippen molar-refractivity contribution in [2.75, 3.05) is 20.1 Å². The Morgan fingerprint density at radius 1 is 1.27 bits per heavy atom. The summed E-state index contributed by atoms with van der Waals surface area (Å²) in [4.78, 5) is 7.14. The van der Waals surface area contributed by atoms with E-state index in [9.17, 15) is 17.6 Å². The van der Waals surface area contributed by atoms with Gasteiger partial charge in [-0.1, -0.05) is 24.6 Å². The van der Waals surface area contributed by atoms with E-state index in [-0.39, 0.29) is 30.6 Å². The molecule has 0 amide bonds. The lowest BCUT2D eigenvalue weighted by molar-refractivity contribution is -0.141. The number of fused-ring (bicyclic) bond motifs is 1. The highest BCUT2D eigenvalue weighted by Gasteiger charge is 2.36. The van der Waals surface area contributed by atoms with Gasteiger partial charge < -0.3 is 4.90 Å². The van der Waals surface area contributed by atoms with Crippen LogP contribution in [0.15, 0.2) is 30.3 Å². The SMILES string of the molecule is CN(C=N)C(=N)C(c1cccc(-c2n[nH]c3c(CN4CCC(F)C4)nc(C(F)(F)F)cc23)c1)C1CCC1. The predicted octanol–water partition coefficient (Wildman–Crippen LogP) is 5.59. The van der Waals surface area contributed by atoms with Crippen LogP contribution in [0.4, 0.5) is 17.6 Å². The number of rotatable bonds is 7. The van der Waals surface area contributed by atoms with E-state index in [1.54, 1.807) is 18.0 Å². The lowest BCUT2D eigenvalue weighted by Crippen LogP contribution is -2.36. The van der Waals surface area contributed by atoms with Crippen LogP contribution in [-0.2, 0) is 12.7 Å². The molecule has 2 aromatic heterocycles. The number of pyridine rings is 1. The first kappa shape index (κ1) is 25.3. The van der Waals surface area contributed by atoms with Gasteiger partial charge in [0.15, 0.2) is 0 Å². The average molecular weight is 516 g/mol. The van der Waals surface area contributed by atoms with Crippen molar-refractivity contribution in [1.82, 2.24) is 25.0 Å². The fourth-order valence-electron chi connectivity index (χ4n) is 5.30. The molecule has 11 heteroatoms. The Hall–Kier alpha value is -3.34. The number of amidine groups is 1. The number of H-pyrrole nitrogens is 1. The Bertz CT molecular complexity index is 1310. The number of aromatic amines is 1. The largest absolute Gasteiger partial charge is 0.433 e. The van der Waals surface area contributed by atoms with Crippen LogP contribution in [0.25, 0.3) is 22.2 Å². The molecule has 0 bridgehead atoms. The highest BCUT2D eigenvalue weighted by atomic mass is 19.4. The fraction of sp³-hybridized carbons (Fsp3) is 0.462. The first-order chi connectivity index (χ1) is 17.7. The fourth-order valence-corrected chi connectivity index (χ4v) is 5.30. The summed E-state index contributed by atoms with van der Waals surface area (Å²) < 4.78 is 55.1. The maximum absolute atomic E-state index is 13.8. The standard InChI is InChI=1S/C26H29F4N7/c1-36(14-31)25(32)22(15-4-2-5-15)16-6-3-7-17(10-16)23-19-11-21(26(28,29)30)33-20(24(19)35-34-23)13-37-9-8-18(27)12-37/h3,6-7,10-11,14-15,18,22,31-32H,2,4-5,8-9,12-13H2,1H3,(H,34,35). The topological polar surface area (TPSA) is 95.8 Å². The second-order valence-corrected chi connectivity index (χ2v) is 9.99. The van der Waals surface area contributed by atoms with Crippen LogP contribution in [0.2, 0.25) is 0 Å². The van der Waals surface area contributed by atoms with Gasteiger partial charge in [0.05, 0.1) is 17.5 Å². The zero-order valence-electron chi connectivity index (χ0n) is 20.4. The average Bonchev–Trinajstić information content (AvgIpc) is 3.45. The van der Waals surface area contributed by atoms with Crippen molar-refractivity contribution in [2.45, 2.75) is 50.5 Å². The van der Waals surface area contributed by atoms with Gasteiger partial charge in [-0.05, 0) is 42.9 Å². The van der Waals surface area contributed by atoms with Crippen molar-refractivity contribution >= 4 is 23.1 Å². The summed E-state index contributed by atoms with van der Waals surface area (Å²) >= 11 is 0. The van der Waals surface area contributed by atoms with Crippen molar-refractivity contribution in [2.24, 2.45) is 5.92 Å². The van der Waals surface area contributed by atoms with E-state index in [1.807, 2.05) is 18.2 Å². The minimum absolute atomic E-state index is 0.0966. The monoisotopic (exact) mass is 515 g/mol. The number of aromatic nitrogens is 3. The minimum Gasteiger partial charge on any atom is -0.324 e. The van der Waals surface area contributed by atoms with Crippen LogP contribution >= 0.6 is 0 Å². The zero-order valence-corrected chi connectivity index (χ0v) is 20.4. The molecule has 0 spiro atoms. The molecule has 2 fully saturated rings. The number of likely N-dealkylation sites (tertiary alicyclic amines) is 1. The number of nitrogens with zero attached hydrogens (tertiary/aromatic N) is 4. The molecule has 1 aromatic carbocycles. The molecule has 37 heavy (non-hydrogen) atoms. The van der Waals surface area contributed by atoms with Gasteiger partial charge in [-0.3, -0.25) is 20.8 Å². The van der Waals surface area contributed by atoms with Crippen LogP contribution in [0.3, 0.4) is 0 Å². The molecule has 2 atom stereocenters. The number of likely N-dealkylation sites (N-methyl/N-ethyl adjacent to an activating group) is 1. The molecule has 3 aromatic rings. The van der Waals surface area contributed by atoms with Gasteiger partial charge in [-0.15, -0.1) is 0 Å². The number of benzene rings is 1. The summed E-state index contributed by atoms with van der Waals surface area (Å²) in [6.45, 7) is 0.725. The van der Waals surface area contributed by atoms with Crippen molar-refractivity contribution in [1.29, 1.82) is 10.8 Å². The van der Waals surface area contributed by atoms with Crippen molar-refractivity contribution in [3.63, 3.8) is 0 Å². The smallest absolute Gasteiger partial charge is 0.324 e. The highest BCUT2D eigenvalue weighted by Crippen LogP contribution is 2.42. The third-order valence-electron chi connectivity index (χ3n) is 7.52. The number of hydrogen-bond donors (Lipinski definition) is 3. The van der Waals surface area contributed by atoms with Crippen LogP contribution in [-0.4, -0.2) is 63.5 Å². The van der Waals surface area contributed by atoms with Gasteiger partial charge in [0.25, 0.3) is 0 Å². The molecule has 1 aliphatic heterocycles. The Morgan fingerprint density at radius 3 is 2.68 bits per heavy atom. The summed E-state index contributed by atoms with van der Waals surface area (Å²) in [7, 11) is 1.67. The Balaban J connectivity index is 1.57. The molecular formula is C26H29F4N7. The summed E-state index contributed by atoms with van der Waals surface area (Å²) in [6.07, 6.45) is -1.12. The number of nitrogens with one attached hydrogen (secondary N) is 3. The first-order valence-corrected chi connectivity index (χ1v) is 12.4. The van der Waals surface area contributed by atoms with Gasteiger partial charge in [0.1, 0.15) is 23.4 Å². The van der Waals surface area contributed by atoms with Crippen LogP contribution < -0.4 is 0 Å². The van der Waals surface area contributed by atoms with E-state index in [0.29, 0.717) is 41.0 Å². The molecule has 5 rings (SSSR count). The van der Waals surface area contributed by atoms with E-state index in [2.05, 4.69) is 15.2 Å². The molecule has 3 N–H and O–H groups in total. The van der Waals surface area contributed by atoms with Crippen LogP contribution in [0.5, 0.6) is 0 Å². The second-order valence-electron chi connectivity index (χ2n) is 9.99. The zero-order chi connectivity index (χ0) is 26.3. The highest BCUT2D eigenvalue weighted by molar-refractivity contribution is 5.96. The molecule has 1 saturated carbocycles. The van der Waals surface area contributed by atoms with Crippen LogP contribution in [0, 0.1) is 16.7 Å². The molecular weight excluding hydrogens is 486 g/mol. The summed E-state index contributed by atoms with van der Waals surface area (Å²) in [6, 6.07) is 8.44. The van der Waals surface area contributed by atoms with E-state index in [4.69, 9.17) is 10.8 Å². The number of halogens is 4. The maximum Gasteiger partial charge on any atom is 0.433 e. The summed E-state index contributed by atoms with van der Waals surface area (Å²) in [5.74, 6) is 0.358. The van der Waals surface area contributed by atoms with E-state index in [1.165, 1.54) is 4.90 Å². The normalized spacial score (nSPS) is 19.6. The summed E-state index contributed by atoms with van der Waals surface area (Å²) in [5.41, 5.74) is 1.46. The lowest BCUT2D eigenvalue weighted by atomic mass is 9.72. The van der Waals surface area contributed by atoms with E-state index >= 15 is 0 Å². The van der Waals surface area contributed by atoms with Gasteiger partial charge in [-0.25, -0.2) is 9.37 Å². The maximum atomic E-state index is 13.8. The van der Waals surface area contributed by atoms with Gasteiger partial charge in [-0.2, -0.15) is 18.3 Å². The second kappa shape index (κ2) is 9.85. The van der Waals surface area contributed by atoms with Crippen molar-refractivity contribution < 1.29 is 17.6 Å². The predicted molar refractivity (Wildman–Crippen MR) is 133 cm³/mol. The Morgan fingerprint density at radius 2 is 2.05 bits per heavy atom. The van der Waals surface area contributed by atoms with E-state index < -0.39 is 18.0 Å². The molecule has 2 unspecified atom stereocenters. The molecule has 3 heterocycles. The lowest BCUT2D eigenvalue weighted by Gasteiger charge is -2.36. The van der Waals surface area contributed by atoms with Crippen molar-refractivity contribution in [3.8, 4) is 11.3 Å². The Kier molecular flexibility index (Phi) is 6.74. The number of alkyl halides is 4. The molecule has 2 aliphatic rings. The first-order valence-electron chi connectivity index (χ1n) is 12.4. The molecule has 7 nitrogen and oxygen atoms in total. The molecule has 196 valence electrons. The molecule has 1 saturated heterocycles. The van der Waals surface area contributed by atoms with Crippen LogP contribution in [0.1, 0.15) is 48.6 Å². The van der Waals surface area contributed by atoms with E-state index in [0.717, 1.165) is 37.2 Å². The Labute approximate surface area is 211 Å². The third kappa shape index (κ3) is 4.96. The molecule has 0 radical (unpaired) electrons. The van der Waals surface area contributed by atoms with Gasteiger partial charge >= 0.3 is 6.18 Å². The summed E-state index contributed by atoms with van der Waals surface area (Å²) in [5, 5.41) is 23.8. The van der Waals surface area contributed by atoms with Crippen molar-refractivity contribution in [3.05, 3.63) is 47.3 Å². The van der Waals surface area contributed by atoms with Gasteiger partial charge in [0.2, 0.25) is 0 Å².